The Balaban J connectivity index is 1.22. The fourth-order valence-electron chi connectivity index (χ4n) is 4.97. The fraction of sp³-hybridized carbons (Fsp3) is 0.308. The second-order valence-corrected chi connectivity index (χ2v) is 8.70. The number of carbonyl (C=O) groups is 2. The van der Waals surface area contributed by atoms with Crippen LogP contribution in [0.1, 0.15) is 40.0 Å². The number of hydrogen-bond acceptors (Lipinski definition) is 5. The Hall–Kier alpha value is -3.54. The molecular formula is C26H23NO5. The van der Waals surface area contributed by atoms with Crippen LogP contribution in [0.15, 0.2) is 54.6 Å². The molecule has 3 aromatic carbocycles. The number of carbonyl (C=O) groups excluding carboxylic acids is 2. The van der Waals surface area contributed by atoms with E-state index in [9.17, 15) is 9.59 Å². The molecule has 162 valence electrons. The third-order valence-electron chi connectivity index (χ3n) is 6.73. The van der Waals surface area contributed by atoms with Crippen molar-refractivity contribution >= 4 is 22.5 Å². The molecule has 6 nitrogen and oxygen atoms in total. The maximum Gasteiger partial charge on any atom is 0.253 e. The van der Waals surface area contributed by atoms with E-state index in [1.807, 2.05) is 41.3 Å². The summed E-state index contributed by atoms with van der Waals surface area (Å²) < 4.78 is 17.7. The monoisotopic (exact) mass is 429 g/mol. The topological polar surface area (TPSA) is 65.1 Å². The van der Waals surface area contributed by atoms with Crippen molar-refractivity contribution in [1.82, 2.24) is 4.90 Å². The van der Waals surface area contributed by atoms with Crippen LogP contribution < -0.4 is 14.2 Å². The van der Waals surface area contributed by atoms with Gasteiger partial charge in [0, 0.05) is 36.9 Å². The first-order chi connectivity index (χ1) is 15.6. The number of benzene rings is 3. The summed E-state index contributed by atoms with van der Waals surface area (Å²) in [6, 6.07) is 17.1. The molecular weight excluding hydrogens is 406 g/mol. The Kier molecular flexibility index (Phi) is 4.35. The van der Waals surface area contributed by atoms with Crippen LogP contribution >= 0.6 is 0 Å². The number of hydrogen-bond donors (Lipinski definition) is 0. The number of fused-ring (bicyclic) bond motifs is 4. The molecule has 0 aliphatic carbocycles. The molecule has 0 atom stereocenters. The quantitative estimate of drug-likeness (QED) is 0.579. The van der Waals surface area contributed by atoms with Gasteiger partial charge >= 0.3 is 0 Å². The molecule has 1 amide bonds. The van der Waals surface area contributed by atoms with Crippen LogP contribution in [0.4, 0.5) is 0 Å². The summed E-state index contributed by atoms with van der Waals surface area (Å²) in [6.07, 6.45) is 1.60. The maximum absolute atomic E-state index is 13.1. The van der Waals surface area contributed by atoms with Crippen molar-refractivity contribution < 1.29 is 23.8 Å². The number of likely N-dealkylation sites (tertiary alicyclic amines) is 1. The zero-order valence-corrected chi connectivity index (χ0v) is 17.6. The van der Waals surface area contributed by atoms with Gasteiger partial charge in [-0.15, -0.1) is 0 Å². The summed E-state index contributed by atoms with van der Waals surface area (Å²) in [5.74, 6) is 2.05. The van der Waals surface area contributed by atoms with Crippen molar-refractivity contribution in [3.05, 3.63) is 65.7 Å². The SMILES string of the molecule is O=C1CC2(CCN(C(=O)c3ccc4c(c3)OCCO4)CC2)Oc2c1ccc1ccccc21. The minimum Gasteiger partial charge on any atom is -0.486 e. The zero-order chi connectivity index (χ0) is 21.7. The highest BCUT2D eigenvalue weighted by atomic mass is 16.6. The third kappa shape index (κ3) is 3.09. The highest BCUT2D eigenvalue weighted by Crippen LogP contribution is 2.43. The van der Waals surface area contributed by atoms with Crippen LogP contribution in [-0.4, -0.2) is 48.5 Å². The van der Waals surface area contributed by atoms with Crippen LogP contribution in [0.3, 0.4) is 0 Å². The average molecular weight is 429 g/mol. The number of ketones is 1. The van der Waals surface area contributed by atoms with Crippen molar-refractivity contribution in [2.24, 2.45) is 0 Å². The Morgan fingerprint density at radius 2 is 1.69 bits per heavy atom. The molecule has 0 N–H and O–H groups in total. The highest BCUT2D eigenvalue weighted by molar-refractivity contribution is 6.06. The molecule has 0 radical (unpaired) electrons. The number of rotatable bonds is 1. The van der Waals surface area contributed by atoms with Gasteiger partial charge in [0.1, 0.15) is 24.6 Å². The van der Waals surface area contributed by atoms with Gasteiger partial charge in [-0.25, -0.2) is 0 Å². The van der Waals surface area contributed by atoms with E-state index < -0.39 is 5.60 Å². The highest BCUT2D eigenvalue weighted by Gasteiger charge is 2.44. The first-order valence-electron chi connectivity index (χ1n) is 11.0. The lowest BCUT2D eigenvalue weighted by Gasteiger charge is -2.44. The van der Waals surface area contributed by atoms with E-state index >= 15 is 0 Å². The lowest BCUT2D eigenvalue weighted by Crippen LogP contribution is -2.52. The van der Waals surface area contributed by atoms with E-state index in [-0.39, 0.29) is 11.7 Å². The van der Waals surface area contributed by atoms with E-state index in [1.165, 1.54) is 0 Å². The van der Waals surface area contributed by atoms with Gasteiger partial charge in [0.05, 0.1) is 12.0 Å². The van der Waals surface area contributed by atoms with Crippen molar-refractivity contribution in [3.63, 3.8) is 0 Å². The first kappa shape index (κ1) is 19.2. The normalized spacial score (nSPS) is 18.9. The molecule has 1 spiro atoms. The van der Waals surface area contributed by atoms with Gasteiger partial charge in [-0.1, -0.05) is 30.3 Å². The lowest BCUT2D eigenvalue weighted by molar-refractivity contribution is -0.00468. The van der Waals surface area contributed by atoms with Crippen LogP contribution in [0.25, 0.3) is 10.8 Å². The molecule has 1 fully saturated rings. The van der Waals surface area contributed by atoms with E-state index in [4.69, 9.17) is 14.2 Å². The summed E-state index contributed by atoms with van der Waals surface area (Å²) in [5.41, 5.74) is 0.684. The van der Waals surface area contributed by atoms with Gasteiger partial charge in [-0.2, -0.15) is 0 Å². The van der Waals surface area contributed by atoms with Crippen LogP contribution in [-0.2, 0) is 0 Å². The molecule has 3 aromatic rings. The average Bonchev–Trinajstić information content (AvgIpc) is 2.84. The van der Waals surface area contributed by atoms with Crippen molar-refractivity contribution in [1.29, 1.82) is 0 Å². The number of amides is 1. The summed E-state index contributed by atoms with van der Waals surface area (Å²) >= 11 is 0. The van der Waals surface area contributed by atoms with E-state index in [0.717, 1.165) is 10.8 Å². The minimum absolute atomic E-state index is 0.0372. The third-order valence-corrected chi connectivity index (χ3v) is 6.73. The molecule has 3 aliphatic heterocycles. The predicted octanol–water partition coefficient (Wildman–Crippen LogP) is 4.25. The van der Waals surface area contributed by atoms with Gasteiger partial charge in [-0.3, -0.25) is 9.59 Å². The molecule has 3 heterocycles. The summed E-state index contributed by atoms with van der Waals surface area (Å²) in [4.78, 5) is 27.9. The molecule has 0 unspecified atom stereocenters. The zero-order valence-electron chi connectivity index (χ0n) is 17.6. The largest absolute Gasteiger partial charge is 0.486 e. The molecule has 0 saturated carbocycles. The van der Waals surface area contributed by atoms with Crippen LogP contribution in [0, 0.1) is 0 Å². The number of Topliss-reactive ketones (excluding diaryl/α,β-unsaturated/α-hetero) is 1. The van der Waals surface area contributed by atoms with Gasteiger partial charge in [0.2, 0.25) is 0 Å². The summed E-state index contributed by atoms with van der Waals surface area (Å²) in [7, 11) is 0. The standard InChI is InChI=1S/C26H23NO5/c28-21-16-26(32-24-19-4-2-1-3-17(19)5-7-20(21)24)9-11-27(12-10-26)25(29)18-6-8-22-23(15-18)31-14-13-30-22/h1-8,15H,9-14,16H2. The molecule has 0 bridgehead atoms. The number of nitrogens with zero attached hydrogens (tertiary/aromatic N) is 1. The smallest absolute Gasteiger partial charge is 0.253 e. The minimum atomic E-state index is -0.558. The molecule has 1 saturated heterocycles. The molecule has 6 heteroatoms. The Labute approximate surface area is 185 Å². The van der Waals surface area contributed by atoms with E-state index in [2.05, 4.69) is 0 Å². The maximum atomic E-state index is 13.1. The van der Waals surface area contributed by atoms with Crippen molar-refractivity contribution in [2.45, 2.75) is 24.9 Å². The first-order valence-corrected chi connectivity index (χ1v) is 11.0. The summed E-state index contributed by atoms with van der Waals surface area (Å²) in [5, 5.41) is 2.02. The Bertz CT molecular complexity index is 1240. The van der Waals surface area contributed by atoms with E-state index in [0.29, 0.717) is 73.9 Å². The number of ether oxygens (including phenoxy) is 3. The van der Waals surface area contributed by atoms with Crippen LogP contribution in [0.2, 0.25) is 0 Å². The number of piperidine rings is 1. The fourth-order valence-corrected chi connectivity index (χ4v) is 4.97. The van der Waals surface area contributed by atoms with Gasteiger partial charge in [0.25, 0.3) is 5.91 Å². The van der Waals surface area contributed by atoms with Crippen molar-refractivity contribution in [3.8, 4) is 17.2 Å². The predicted molar refractivity (Wildman–Crippen MR) is 119 cm³/mol. The van der Waals surface area contributed by atoms with E-state index in [1.54, 1.807) is 18.2 Å². The second-order valence-electron chi connectivity index (χ2n) is 8.70. The molecule has 32 heavy (non-hydrogen) atoms. The molecule has 6 rings (SSSR count). The summed E-state index contributed by atoms with van der Waals surface area (Å²) in [6.45, 7) is 2.09. The van der Waals surface area contributed by atoms with Crippen LogP contribution in [0.5, 0.6) is 17.2 Å². The van der Waals surface area contributed by atoms with Gasteiger partial charge < -0.3 is 19.1 Å². The molecule has 3 aliphatic rings. The Morgan fingerprint density at radius 3 is 2.53 bits per heavy atom. The Morgan fingerprint density at radius 1 is 0.906 bits per heavy atom. The van der Waals surface area contributed by atoms with Gasteiger partial charge in [0.15, 0.2) is 17.3 Å². The lowest BCUT2D eigenvalue weighted by atomic mass is 9.81. The molecule has 0 aromatic heterocycles. The second kappa shape index (κ2) is 7.26. The van der Waals surface area contributed by atoms with Gasteiger partial charge in [-0.05, 0) is 29.7 Å². The van der Waals surface area contributed by atoms with Crippen molar-refractivity contribution in [2.75, 3.05) is 26.3 Å².